The van der Waals surface area contributed by atoms with Gasteiger partial charge < -0.3 is 19.9 Å². The number of nitrogens with one attached hydrogen (secondary N) is 1. The lowest BCUT2D eigenvalue weighted by Gasteiger charge is -2.37. The molecule has 0 unspecified atom stereocenters. The molecular formula is C18H18F2N4O2. The van der Waals surface area contributed by atoms with Crippen molar-refractivity contribution in [2.75, 3.05) is 36.5 Å². The molecule has 0 aliphatic carbocycles. The molecule has 1 aromatic heterocycles. The smallest absolute Gasteiger partial charge is 0.322 e. The Morgan fingerprint density at radius 3 is 2.85 bits per heavy atom. The van der Waals surface area contributed by atoms with Gasteiger partial charge >= 0.3 is 6.03 Å². The molecule has 2 fully saturated rings. The number of carbonyl (C=O) groups excluding carboxylic acids is 1. The number of hydrogen-bond donors (Lipinski definition) is 1. The molecule has 2 aliphatic rings. The van der Waals surface area contributed by atoms with Crippen LogP contribution in [0.25, 0.3) is 0 Å². The fourth-order valence-corrected chi connectivity index (χ4v) is 3.44. The summed E-state index contributed by atoms with van der Waals surface area (Å²) >= 11 is 0. The Bertz CT molecular complexity index is 805. The summed E-state index contributed by atoms with van der Waals surface area (Å²) in [5.41, 5.74) is 0.214. The van der Waals surface area contributed by atoms with E-state index in [1.807, 2.05) is 18.2 Å². The first-order valence-electron chi connectivity index (χ1n) is 8.42. The van der Waals surface area contributed by atoms with Crippen LogP contribution in [0.2, 0.25) is 0 Å². The molecule has 6 nitrogen and oxygen atoms in total. The molecule has 2 atom stereocenters. The summed E-state index contributed by atoms with van der Waals surface area (Å²) < 4.78 is 32.1. The lowest BCUT2D eigenvalue weighted by Crippen LogP contribution is -2.51. The van der Waals surface area contributed by atoms with Gasteiger partial charge in [-0.3, -0.25) is 0 Å². The summed E-state index contributed by atoms with van der Waals surface area (Å²) in [5.74, 6) is -1.09. The second-order valence-corrected chi connectivity index (χ2v) is 6.32. The summed E-state index contributed by atoms with van der Waals surface area (Å²) in [6, 6.07) is 8.65. The molecule has 2 aliphatic heterocycles. The van der Waals surface area contributed by atoms with Gasteiger partial charge in [-0.2, -0.15) is 0 Å². The second kappa shape index (κ2) is 6.87. The van der Waals surface area contributed by atoms with Crippen LogP contribution in [0.3, 0.4) is 0 Å². The van der Waals surface area contributed by atoms with Crippen LogP contribution in [0.1, 0.15) is 0 Å². The highest BCUT2D eigenvalue weighted by molar-refractivity contribution is 5.89. The number of fused-ring (bicyclic) bond motifs is 1. The summed E-state index contributed by atoms with van der Waals surface area (Å²) in [5, 5.41) is 2.61. The molecule has 8 heteroatoms. The Kier molecular flexibility index (Phi) is 4.42. The third kappa shape index (κ3) is 3.20. The zero-order chi connectivity index (χ0) is 18.1. The van der Waals surface area contributed by atoms with Gasteiger partial charge in [0.2, 0.25) is 0 Å². The normalized spacial score (nSPS) is 22.2. The Morgan fingerprint density at radius 1 is 1.19 bits per heavy atom. The molecule has 0 radical (unpaired) electrons. The zero-order valence-electron chi connectivity index (χ0n) is 13.9. The Hall–Kier alpha value is -2.74. The first kappa shape index (κ1) is 16.7. The third-order valence-electron chi connectivity index (χ3n) is 4.70. The third-order valence-corrected chi connectivity index (χ3v) is 4.70. The Morgan fingerprint density at radius 2 is 2.08 bits per heavy atom. The second-order valence-electron chi connectivity index (χ2n) is 6.32. The number of amides is 2. The van der Waals surface area contributed by atoms with E-state index in [1.54, 1.807) is 11.1 Å². The van der Waals surface area contributed by atoms with Crippen molar-refractivity contribution in [1.29, 1.82) is 0 Å². The van der Waals surface area contributed by atoms with E-state index in [0.717, 1.165) is 18.0 Å². The zero-order valence-corrected chi connectivity index (χ0v) is 13.9. The summed E-state index contributed by atoms with van der Waals surface area (Å²) in [7, 11) is 0. The molecule has 0 saturated carbocycles. The lowest BCUT2D eigenvalue weighted by molar-refractivity contribution is 0.0319. The number of ether oxygens (including phenoxy) is 1. The number of likely N-dealkylation sites (tertiary alicyclic amines) is 1. The highest BCUT2D eigenvalue weighted by atomic mass is 19.2. The van der Waals surface area contributed by atoms with Crippen molar-refractivity contribution in [1.82, 2.24) is 9.88 Å². The van der Waals surface area contributed by atoms with E-state index in [-0.39, 0.29) is 23.9 Å². The molecule has 2 aromatic rings. The number of morpholine rings is 1. The molecule has 0 spiro atoms. The Balaban J connectivity index is 1.46. The van der Waals surface area contributed by atoms with Crippen molar-refractivity contribution in [3.05, 3.63) is 54.2 Å². The average Bonchev–Trinajstić information content (AvgIpc) is 3.10. The largest absolute Gasteiger partial charge is 0.372 e. The molecule has 136 valence electrons. The Labute approximate surface area is 149 Å². The number of anilines is 2. The van der Waals surface area contributed by atoms with E-state index in [4.69, 9.17) is 4.74 Å². The minimum absolute atomic E-state index is 0.00866. The van der Waals surface area contributed by atoms with Crippen LogP contribution in [-0.4, -0.2) is 54.3 Å². The number of carbonyl (C=O) groups is 1. The van der Waals surface area contributed by atoms with E-state index in [1.165, 1.54) is 6.07 Å². The maximum Gasteiger partial charge on any atom is 0.322 e. The summed E-state index contributed by atoms with van der Waals surface area (Å²) in [4.78, 5) is 20.7. The van der Waals surface area contributed by atoms with Crippen molar-refractivity contribution in [2.24, 2.45) is 0 Å². The quantitative estimate of drug-likeness (QED) is 0.894. The number of nitrogens with zero attached hydrogens (tertiary/aromatic N) is 3. The predicted molar refractivity (Wildman–Crippen MR) is 92.1 cm³/mol. The molecule has 2 amide bonds. The molecule has 1 aromatic carbocycles. The molecule has 2 saturated heterocycles. The van der Waals surface area contributed by atoms with Crippen molar-refractivity contribution < 1.29 is 18.3 Å². The number of halogens is 2. The number of rotatable bonds is 2. The highest BCUT2D eigenvalue weighted by Gasteiger charge is 2.42. The number of hydrogen-bond acceptors (Lipinski definition) is 4. The fraction of sp³-hybridized carbons (Fsp3) is 0.333. The minimum Gasteiger partial charge on any atom is -0.372 e. The van der Waals surface area contributed by atoms with Crippen LogP contribution in [0.15, 0.2) is 42.6 Å². The van der Waals surface area contributed by atoms with Gasteiger partial charge in [0.25, 0.3) is 0 Å². The number of benzene rings is 1. The van der Waals surface area contributed by atoms with E-state index in [2.05, 4.69) is 15.2 Å². The van der Waals surface area contributed by atoms with E-state index < -0.39 is 11.6 Å². The predicted octanol–water partition coefficient (Wildman–Crippen LogP) is 2.48. The van der Waals surface area contributed by atoms with Crippen molar-refractivity contribution in [2.45, 2.75) is 12.1 Å². The first-order chi connectivity index (χ1) is 12.6. The molecule has 4 rings (SSSR count). The lowest BCUT2D eigenvalue weighted by atomic mass is 10.1. The van der Waals surface area contributed by atoms with Gasteiger partial charge in [0, 0.05) is 31.0 Å². The molecule has 1 N–H and O–H groups in total. The van der Waals surface area contributed by atoms with Crippen LogP contribution >= 0.6 is 0 Å². The topological polar surface area (TPSA) is 57.7 Å². The number of pyridine rings is 1. The minimum atomic E-state index is -0.998. The van der Waals surface area contributed by atoms with Crippen molar-refractivity contribution >= 4 is 17.5 Å². The standard InChI is InChI=1S/C18H18F2N4O2/c19-13-5-4-12(9-14(13)20)22-18(25)23-10-15-16(11-23)26-8-7-24(15)17-3-1-2-6-21-17/h1-6,9,15-16H,7-8,10-11H2,(H,22,25)/t15-,16-/m0/s1. The van der Waals surface area contributed by atoms with E-state index in [9.17, 15) is 13.6 Å². The molecular weight excluding hydrogens is 342 g/mol. The van der Waals surface area contributed by atoms with Gasteiger partial charge in [-0.05, 0) is 24.3 Å². The van der Waals surface area contributed by atoms with Gasteiger partial charge in [0.05, 0.1) is 25.3 Å². The van der Waals surface area contributed by atoms with E-state index in [0.29, 0.717) is 26.2 Å². The highest BCUT2D eigenvalue weighted by Crippen LogP contribution is 2.27. The SMILES string of the molecule is O=C(Nc1ccc(F)c(F)c1)N1C[C@@H]2OCCN(c3ccccn3)[C@H]2C1. The molecule has 0 bridgehead atoms. The number of urea groups is 1. The summed E-state index contributed by atoms with van der Waals surface area (Å²) in [6.07, 6.45) is 1.63. The monoisotopic (exact) mass is 360 g/mol. The van der Waals surface area contributed by atoms with Gasteiger partial charge in [0.1, 0.15) is 5.82 Å². The maximum absolute atomic E-state index is 13.3. The molecule has 26 heavy (non-hydrogen) atoms. The van der Waals surface area contributed by atoms with Crippen molar-refractivity contribution in [3.63, 3.8) is 0 Å². The number of aromatic nitrogens is 1. The van der Waals surface area contributed by atoms with Crippen LogP contribution in [0, 0.1) is 11.6 Å². The summed E-state index contributed by atoms with van der Waals surface area (Å²) in [6.45, 7) is 2.17. The van der Waals surface area contributed by atoms with Gasteiger partial charge in [-0.25, -0.2) is 18.6 Å². The maximum atomic E-state index is 13.3. The van der Waals surface area contributed by atoms with E-state index >= 15 is 0 Å². The first-order valence-corrected chi connectivity index (χ1v) is 8.42. The van der Waals surface area contributed by atoms with Gasteiger partial charge in [0.15, 0.2) is 11.6 Å². The van der Waals surface area contributed by atoms with Crippen LogP contribution in [0.5, 0.6) is 0 Å². The molecule has 3 heterocycles. The van der Waals surface area contributed by atoms with Crippen LogP contribution in [-0.2, 0) is 4.74 Å². The van der Waals surface area contributed by atoms with Crippen molar-refractivity contribution in [3.8, 4) is 0 Å². The van der Waals surface area contributed by atoms with Gasteiger partial charge in [-0.15, -0.1) is 0 Å². The average molecular weight is 360 g/mol. The van der Waals surface area contributed by atoms with Crippen LogP contribution < -0.4 is 10.2 Å². The van der Waals surface area contributed by atoms with Crippen LogP contribution in [0.4, 0.5) is 25.1 Å². The fourth-order valence-electron chi connectivity index (χ4n) is 3.44. The van der Waals surface area contributed by atoms with Gasteiger partial charge in [-0.1, -0.05) is 6.07 Å².